The van der Waals surface area contributed by atoms with Gasteiger partial charge in [-0.05, 0) is 57.9 Å². The first-order chi connectivity index (χ1) is 15.5. The molecule has 1 fully saturated rings. The molecule has 1 aromatic heterocycles. The molecular weight excluding hydrogens is 449 g/mol. The number of primary amides is 1. The minimum absolute atomic E-state index is 0.0487. The van der Waals surface area contributed by atoms with Crippen LogP contribution in [0.25, 0.3) is 0 Å². The average molecular weight is 478 g/mol. The van der Waals surface area contributed by atoms with E-state index in [2.05, 4.69) is 20.9 Å². The maximum Gasteiger partial charge on any atom is 0.407 e. The maximum absolute atomic E-state index is 14.9. The lowest BCUT2D eigenvalue weighted by Gasteiger charge is -2.34. The number of carbonyl (C=O) groups is 2. The number of halogens is 2. The van der Waals surface area contributed by atoms with Crippen LogP contribution in [0, 0.1) is 5.82 Å². The van der Waals surface area contributed by atoms with E-state index in [1.54, 1.807) is 45.0 Å². The van der Waals surface area contributed by atoms with E-state index in [-0.39, 0.29) is 29.3 Å². The SMILES string of the molecule is CC(C)(C)OC(=O)N[C@H]1CCCC[C@H]1Nc1nc(Nc2cccc(Cl)c2)c(C(N)=O)cc1F. The largest absolute Gasteiger partial charge is 0.444 e. The summed E-state index contributed by atoms with van der Waals surface area (Å²) < 4.78 is 20.2. The molecule has 5 N–H and O–H groups in total. The molecule has 2 atom stereocenters. The summed E-state index contributed by atoms with van der Waals surface area (Å²) in [4.78, 5) is 28.5. The van der Waals surface area contributed by atoms with Gasteiger partial charge in [-0.15, -0.1) is 0 Å². The van der Waals surface area contributed by atoms with E-state index in [9.17, 15) is 14.0 Å². The number of carbonyl (C=O) groups excluding carboxylic acids is 2. The number of nitrogens with zero attached hydrogens (tertiary/aromatic N) is 1. The van der Waals surface area contributed by atoms with Crippen molar-refractivity contribution in [3.05, 3.63) is 46.7 Å². The Hall–Kier alpha value is -3.07. The van der Waals surface area contributed by atoms with Crippen molar-refractivity contribution in [1.29, 1.82) is 0 Å². The quantitative estimate of drug-likeness (QED) is 0.466. The van der Waals surface area contributed by atoms with E-state index >= 15 is 0 Å². The van der Waals surface area contributed by atoms with E-state index in [4.69, 9.17) is 22.1 Å². The Balaban J connectivity index is 1.83. The van der Waals surface area contributed by atoms with E-state index in [1.807, 2.05) is 0 Å². The number of ether oxygens (including phenoxy) is 1. The number of nitrogens with one attached hydrogen (secondary N) is 3. The van der Waals surface area contributed by atoms with Gasteiger partial charge in [-0.25, -0.2) is 14.2 Å². The lowest BCUT2D eigenvalue weighted by Crippen LogP contribution is -2.50. The second kappa shape index (κ2) is 10.2. The zero-order valence-corrected chi connectivity index (χ0v) is 19.6. The van der Waals surface area contributed by atoms with Crippen molar-refractivity contribution in [3.63, 3.8) is 0 Å². The molecule has 0 spiro atoms. The van der Waals surface area contributed by atoms with Gasteiger partial charge in [-0.1, -0.05) is 30.5 Å². The zero-order valence-electron chi connectivity index (χ0n) is 18.9. The van der Waals surface area contributed by atoms with E-state index < -0.39 is 23.4 Å². The third-order valence-corrected chi connectivity index (χ3v) is 5.35. The van der Waals surface area contributed by atoms with Crippen molar-refractivity contribution >= 4 is 40.9 Å². The highest BCUT2D eigenvalue weighted by Crippen LogP contribution is 2.28. The fourth-order valence-electron chi connectivity index (χ4n) is 3.69. The van der Waals surface area contributed by atoms with Crippen molar-refractivity contribution in [2.75, 3.05) is 10.6 Å². The van der Waals surface area contributed by atoms with Gasteiger partial charge in [0.05, 0.1) is 11.6 Å². The van der Waals surface area contributed by atoms with Gasteiger partial charge in [0.2, 0.25) is 0 Å². The number of anilines is 3. The number of amides is 2. The smallest absolute Gasteiger partial charge is 0.407 e. The molecule has 0 saturated heterocycles. The molecule has 8 nitrogen and oxygen atoms in total. The van der Waals surface area contributed by atoms with E-state index in [0.29, 0.717) is 23.6 Å². The highest BCUT2D eigenvalue weighted by Gasteiger charge is 2.30. The molecule has 1 aliphatic carbocycles. The molecule has 0 unspecified atom stereocenters. The Morgan fingerprint density at radius 2 is 1.85 bits per heavy atom. The Labute approximate surface area is 197 Å². The molecule has 2 aromatic rings. The number of nitrogens with two attached hydrogens (primary N) is 1. The maximum atomic E-state index is 14.9. The summed E-state index contributed by atoms with van der Waals surface area (Å²) in [7, 11) is 0. The number of pyridine rings is 1. The number of benzene rings is 1. The van der Waals surface area contributed by atoms with Crippen LogP contribution in [-0.4, -0.2) is 34.7 Å². The summed E-state index contributed by atoms with van der Waals surface area (Å²) in [6.07, 6.45) is 2.74. The summed E-state index contributed by atoms with van der Waals surface area (Å²) in [6.45, 7) is 5.37. The van der Waals surface area contributed by atoms with Crippen LogP contribution in [-0.2, 0) is 4.74 Å². The molecule has 0 aliphatic heterocycles. The lowest BCUT2D eigenvalue weighted by atomic mass is 9.90. The van der Waals surface area contributed by atoms with Crippen LogP contribution in [0.2, 0.25) is 5.02 Å². The Morgan fingerprint density at radius 3 is 2.48 bits per heavy atom. The molecule has 1 aromatic carbocycles. The summed E-state index contributed by atoms with van der Waals surface area (Å²) in [6, 6.07) is 7.31. The van der Waals surface area contributed by atoms with Gasteiger partial charge in [0.15, 0.2) is 11.6 Å². The highest BCUT2D eigenvalue weighted by atomic mass is 35.5. The summed E-state index contributed by atoms with van der Waals surface area (Å²) in [5.74, 6) is -1.49. The van der Waals surface area contributed by atoms with Crippen LogP contribution in [0.5, 0.6) is 0 Å². The van der Waals surface area contributed by atoms with Crippen LogP contribution in [0.3, 0.4) is 0 Å². The van der Waals surface area contributed by atoms with Gasteiger partial charge >= 0.3 is 6.09 Å². The van der Waals surface area contributed by atoms with Crippen molar-refractivity contribution < 1.29 is 18.7 Å². The van der Waals surface area contributed by atoms with Crippen LogP contribution >= 0.6 is 11.6 Å². The number of alkyl carbamates (subject to hydrolysis) is 1. The molecule has 1 heterocycles. The second-order valence-corrected chi connectivity index (χ2v) is 9.44. The first-order valence-corrected chi connectivity index (χ1v) is 11.2. The van der Waals surface area contributed by atoms with Gasteiger partial charge in [-0.2, -0.15) is 0 Å². The molecule has 0 bridgehead atoms. The number of aromatic nitrogens is 1. The normalized spacial score (nSPS) is 18.3. The molecule has 2 amide bonds. The zero-order chi connectivity index (χ0) is 24.2. The summed E-state index contributed by atoms with van der Waals surface area (Å²) in [5.41, 5.74) is 5.29. The van der Waals surface area contributed by atoms with Gasteiger partial charge in [-0.3, -0.25) is 4.79 Å². The molecule has 0 radical (unpaired) electrons. The van der Waals surface area contributed by atoms with E-state index in [1.165, 1.54) is 0 Å². The van der Waals surface area contributed by atoms with E-state index in [0.717, 1.165) is 18.9 Å². The van der Waals surface area contributed by atoms with Crippen LogP contribution < -0.4 is 21.7 Å². The summed E-state index contributed by atoms with van der Waals surface area (Å²) >= 11 is 6.03. The molecule has 1 saturated carbocycles. The predicted molar refractivity (Wildman–Crippen MR) is 126 cm³/mol. The van der Waals surface area contributed by atoms with Crippen LogP contribution in [0.4, 0.5) is 26.5 Å². The Bertz CT molecular complexity index is 1030. The fraction of sp³-hybridized carbons (Fsp3) is 0.435. The molecular formula is C23H29ClFN5O3. The van der Waals surface area contributed by atoms with Crippen LogP contribution in [0.15, 0.2) is 30.3 Å². The molecule has 3 rings (SSSR count). The predicted octanol–water partition coefficient (Wildman–Crippen LogP) is 4.96. The fourth-order valence-corrected chi connectivity index (χ4v) is 3.88. The third kappa shape index (κ3) is 6.95. The minimum Gasteiger partial charge on any atom is -0.444 e. The molecule has 10 heteroatoms. The van der Waals surface area contributed by atoms with Crippen molar-refractivity contribution in [2.45, 2.75) is 64.1 Å². The number of hydrogen-bond acceptors (Lipinski definition) is 6. The highest BCUT2D eigenvalue weighted by molar-refractivity contribution is 6.30. The van der Waals surface area contributed by atoms with Gasteiger partial charge in [0, 0.05) is 16.8 Å². The minimum atomic E-state index is -0.820. The molecule has 178 valence electrons. The first-order valence-electron chi connectivity index (χ1n) is 10.8. The average Bonchev–Trinajstić information content (AvgIpc) is 2.70. The van der Waals surface area contributed by atoms with Crippen molar-refractivity contribution in [1.82, 2.24) is 10.3 Å². The Morgan fingerprint density at radius 1 is 1.15 bits per heavy atom. The Kier molecular flexibility index (Phi) is 7.63. The monoisotopic (exact) mass is 477 g/mol. The summed E-state index contributed by atoms with van der Waals surface area (Å²) in [5, 5.41) is 9.44. The molecule has 33 heavy (non-hydrogen) atoms. The van der Waals surface area contributed by atoms with Gasteiger partial charge < -0.3 is 26.4 Å². The molecule has 1 aliphatic rings. The second-order valence-electron chi connectivity index (χ2n) is 9.00. The standard InChI is InChI=1S/C23H29ClFN5O3/c1-23(2,3)33-22(32)29-18-10-5-4-9-17(18)28-21-16(25)12-15(19(26)31)20(30-21)27-14-8-6-7-13(24)11-14/h6-8,11-12,17-18H,4-5,9-10H2,1-3H3,(H2,26,31)(H,29,32)(H2,27,28,30)/t17-,18+/m1/s1. The lowest BCUT2D eigenvalue weighted by molar-refractivity contribution is 0.0488. The third-order valence-electron chi connectivity index (χ3n) is 5.12. The van der Waals surface area contributed by atoms with Gasteiger partial charge in [0.1, 0.15) is 11.4 Å². The van der Waals surface area contributed by atoms with Gasteiger partial charge in [0.25, 0.3) is 5.91 Å². The van der Waals surface area contributed by atoms with Crippen molar-refractivity contribution in [2.24, 2.45) is 5.73 Å². The topological polar surface area (TPSA) is 118 Å². The van der Waals surface area contributed by atoms with Crippen LogP contribution in [0.1, 0.15) is 56.8 Å². The number of hydrogen-bond donors (Lipinski definition) is 4. The first kappa shape index (κ1) is 24.6. The number of rotatable bonds is 6. The van der Waals surface area contributed by atoms with Crippen molar-refractivity contribution in [3.8, 4) is 0 Å².